The Hall–Kier alpha value is -1.43. The van der Waals surface area contributed by atoms with Gasteiger partial charge < -0.3 is 15.6 Å². The summed E-state index contributed by atoms with van der Waals surface area (Å²) in [6.07, 6.45) is -3.66. The fourth-order valence-electron chi connectivity index (χ4n) is 1.85. The Kier molecular flexibility index (Phi) is 2.91. The van der Waals surface area contributed by atoms with Crippen LogP contribution in [0.4, 0.5) is 18.9 Å². The summed E-state index contributed by atoms with van der Waals surface area (Å²) in [5.41, 5.74) is 5.56. The van der Waals surface area contributed by atoms with Crippen molar-refractivity contribution >= 4 is 5.69 Å². The number of aliphatic hydroxyl groups is 1. The first-order valence-corrected chi connectivity index (χ1v) is 5.15. The van der Waals surface area contributed by atoms with Crippen molar-refractivity contribution in [3.05, 3.63) is 24.0 Å². The maximum absolute atomic E-state index is 13.3. The molecule has 94 valence electrons. The van der Waals surface area contributed by atoms with Crippen LogP contribution in [0.5, 0.6) is 5.75 Å². The highest BCUT2D eigenvalue weighted by Gasteiger charge is 2.47. The summed E-state index contributed by atoms with van der Waals surface area (Å²) in [7, 11) is 0. The molecule has 1 fully saturated rings. The molecule has 1 aliphatic rings. The molecule has 2 rings (SSSR count). The molecule has 1 aromatic carbocycles. The monoisotopic (exact) mass is 247 g/mol. The van der Waals surface area contributed by atoms with E-state index in [0.29, 0.717) is 0 Å². The molecule has 1 aliphatic carbocycles. The predicted octanol–water partition coefficient (Wildman–Crippen LogP) is 1.95. The maximum atomic E-state index is 13.3. The lowest BCUT2D eigenvalue weighted by Gasteiger charge is -2.17. The third kappa shape index (κ3) is 2.63. The lowest BCUT2D eigenvalue weighted by Crippen LogP contribution is -2.26. The molecule has 3 nitrogen and oxygen atoms in total. The highest BCUT2D eigenvalue weighted by atomic mass is 19.3. The smallest absolute Gasteiger partial charge is 0.254 e. The summed E-state index contributed by atoms with van der Waals surface area (Å²) in [5, 5.41) is 9.38. The van der Waals surface area contributed by atoms with Crippen LogP contribution in [0.3, 0.4) is 0 Å². The average molecular weight is 247 g/mol. The molecule has 3 N–H and O–H groups in total. The molecule has 1 saturated carbocycles. The van der Waals surface area contributed by atoms with Gasteiger partial charge >= 0.3 is 0 Å². The minimum Gasteiger partial charge on any atom is -0.484 e. The number of ether oxygens (including phenoxy) is 1. The summed E-state index contributed by atoms with van der Waals surface area (Å²) in [6.45, 7) is 0. The van der Waals surface area contributed by atoms with Crippen LogP contribution >= 0.6 is 0 Å². The van der Waals surface area contributed by atoms with Gasteiger partial charge in [-0.05, 0) is 12.1 Å². The van der Waals surface area contributed by atoms with Crippen molar-refractivity contribution in [1.82, 2.24) is 0 Å². The third-order valence-electron chi connectivity index (χ3n) is 2.67. The number of halogens is 3. The van der Waals surface area contributed by atoms with Gasteiger partial charge in [0.15, 0.2) is 11.6 Å². The quantitative estimate of drug-likeness (QED) is 0.785. The molecule has 0 aliphatic heterocycles. The van der Waals surface area contributed by atoms with Gasteiger partial charge in [-0.1, -0.05) is 0 Å². The second-order valence-corrected chi connectivity index (χ2v) is 4.18. The van der Waals surface area contributed by atoms with E-state index >= 15 is 0 Å². The number of hydrogen-bond donors (Lipinski definition) is 2. The van der Waals surface area contributed by atoms with Crippen LogP contribution in [0.2, 0.25) is 0 Å². The molecule has 17 heavy (non-hydrogen) atoms. The van der Waals surface area contributed by atoms with Gasteiger partial charge in [0.1, 0.15) is 6.10 Å². The maximum Gasteiger partial charge on any atom is 0.254 e. The molecule has 0 radical (unpaired) electrons. The van der Waals surface area contributed by atoms with Gasteiger partial charge in [-0.3, -0.25) is 0 Å². The number of hydrogen-bond acceptors (Lipinski definition) is 3. The molecule has 0 aromatic heterocycles. The summed E-state index contributed by atoms with van der Waals surface area (Å²) in [5.74, 6) is -3.87. The highest BCUT2D eigenvalue weighted by molar-refractivity contribution is 5.42. The number of aliphatic hydroxyl groups excluding tert-OH is 1. The van der Waals surface area contributed by atoms with E-state index in [-0.39, 0.29) is 11.4 Å². The van der Waals surface area contributed by atoms with E-state index < -0.39 is 36.8 Å². The number of benzene rings is 1. The van der Waals surface area contributed by atoms with Crippen LogP contribution < -0.4 is 10.5 Å². The third-order valence-corrected chi connectivity index (χ3v) is 2.67. The summed E-state index contributed by atoms with van der Waals surface area (Å²) in [6, 6.07) is 3.69. The van der Waals surface area contributed by atoms with E-state index in [2.05, 4.69) is 0 Å². The first-order valence-electron chi connectivity index (χ1n) is 5.15. The topological polar surface area (TPSA) is 55.5 Å². The SMILES string of the molecule is Nc1ccc(O[C@H]2CC(F)(F)C[C@H]2O)c(F)c1. The van der Waals surface area contributed by atoms with Crippen molar-refractivity contribution in [3.63, 3.8) is 0 Å². The van der Waals surface area contributed by atoms with Gasteiger partial charge in [0.2, 0.25) is 0 Å². The predicted molar refractivity (Wildman–Crippen MR) is 55.4 cm³/mol. The zero-order valence-corrected chi connectivity index (χ0v) is 8.87. The Morgan fingerprint density at radius 1 is 1.35 bits per heavy atom. The van der Waals surface area contributed by atoms with Gasteiger partial charge in [-0.25, -0.2) is 13.2 Å². The van der Waals surface area contributed by atoms with E-state index in [1.165, 1.54) is 12.1 Å². The molecule has 0 spiro atoms. The second-order valence-electron chi connectivity index (χ2n) is 4.18. The first-order chi connectivity index (χ1) is 7.87. The molecule has 6 heteroatoms. The number of alkyl halides is 2. The number of nitrogen functional groups attached to an aromatic ring is 1. The van der Waals surface area contributed by atoms with E-state index in [1.54, 1.807) is 0 Å². The summed E-state index contributed by atoms with van der Waals surface area (Å²) < 4.78 is 44.3. The minimum atomic E-state index is -2.96. The van der Waals surface area contributed by atoms with E-state index in [1.807, 2.05) is 0 Å². The van der Waals surface area contributed by atoms with Gasteiger partial charge in [0.05, 0.1) is 12.5 Å². The van der Waals surface area contributed by atoms with Crippen molar-refractivity contribution in [2.45, 2.75) is 31.0 Å². The lowest BCUT2D eigenvalue weighted by atomic mass is 10.2. The van der Waals surface area contributed by atoms with Gasteiger partial charge in [-0.15, -0.1) is 0 Å². The average Bonchev–Trinajstić information content (AvgIpc) is 2.44. The molecule has 0 saturated heterocycles. The van der Waals surface area contributed by atoms with E-state index in [9.17, 15) is 18.3 Å². The normalized spacial score (nSPS) is 27.1. The highest BCUT2D eigenvalue weighted by Crippen LogP contribution is 2.37. The van der Waals surface area contributed by atoms with Crippen molar-refractivity contribution in [1.29, 1.82) is 0 Å². The van der Waals surface area contributed by atoms with E-state index in [4.69, 9.17) is 10.5 Å². The minimum absolute atomic E-state index is 0.180. The molecule has 0 amide bonds. The van der Waals surface area contributed by atoms with Crippen LogP contribution in [0.15, 0.2) is 18.2 Å². The largest absolute Gasteiger partial charge is 0.484 e. The molecule has 1 aromatic rings. The Bertz CT molecular complexity index is 425. The van der Waals surface area contributed by atoms with Crippen molar-refractivity contribution in [2.24, 2.45) is 0 Å². The number of rotatable bonds is 2. The molecule has 0 heterocycles. The number of nitrogens with two attached hydrogens (primary N) is 1. The van der Waals surface area contributed by atoms with Crippen LogP contribution in [-0.2, 0) is 0 Å². The van der Waals surface area contributed by atoms with Crippen molar-refractivity contribution < 1.29 is 23.0 Å². The fraction of sp³-hybridized carbons (Fsp3) is 0.455. The Labute approximate surface area is 96.0 Å². The van der Waals surface area contributed by atoms with Gasteiger partial charge in [0.25, 0.3) is 5.92 Å². The van der Waals surface area contributed by atoms with Gasteiger partial charge in [0, 0.05) is 18.2 Å². The molecular formula is C11H12F3NO2. The fourth-order valence-corrected chi connectivity index (χ4v) is 1.85. The standard InChI is InChI=1S/C11H12F3NO2/c12-7-3-6(15)1-2-9(7)17-10-5-11(13,14)4-8(10)16/h1-3,8,10,16H,4-5,15H2/t8-,10+/m1/s1. The Morgan fingerprint density at radius 2 is 2.06 bits per heavy atom. The Balaban J connectivity index is 2.11. The molecule has 2 atom stereocenters. The molecular weight excluding hydrogens is 235 g/mol. The van der Waals surface area contributed by atoms with Crippen LogP contribution in [0, 0.1) is 5.82 Å². The molecule has 0 bridgehead atoms. The van der Waals surface area contributed by atoms with Crippen LogP contribution in [0.25, 0.3) is 0 Å². The van der Waals surface area contributed by atoms with Crippen LogP contribution in [-0.4, -0.2) is 23.2 Å². The van der Waals surface area contributed by atoms with Crippen molar-refractivity contribution in [3.8, 4) is 5.75 Å². The van der Waals surface area contributed by atoms with Gasteiger partial charge in [-0.2, -0.15) is 0 Å². The molecule has 0 unspecified atom stereocenters. The second kappa shape index (κ2) is 4.10. The first kappa shape index (κ1) is 12.0. The lowest BCUT2D eigenvalue weighted by molar-refractivity contribution is -0.00491. The zero-order valence-electron chi connectivity index (χ0n) is 8.87. The van der Waals surface area contributed by atoms with E-state index in [0.717, 1.165) is 6.07 Å². The Morgan fingerprint density at radius 3 is 2.59 bits per heavy atom. The van der Waals surface area contributed by atoms with Crippen LogP contribution in [0.1, 0.15) is 12.8 Å². The number of anilines is 1. The summed E-state index contributed by atoms with van der Waals surface area (Å²) >= 11 is 0. The zero-order chi connectivity index (χ0) is 12.6. The van der Waals surface area contributed by atoms with Crippen molar-refractivity contribution in [2.75, 3.05) is 5.73 Å². The summed E-state index contributed by atoms with van der Waals surface area (Å²) in [4.78, 5) is 0.